The van der Waals surface area contributed by atoms with Crippen LogP contribution in [0.1, 0.15) is 39.5 Å². The number of hydrogen-bond donors (Lipinski definition) is 2. The van der Waals surface area contributed by atoms with Crippen LogP contribution in [0.5, 0.6) is 0 Å². The molecule has 0 amide bonds. The van der Waals surface area contributed by atoms with Crippen LogP contribution < -0.4 is 5.73 Å². The van der Waals surface area contributed by atoms with Crippen LogP contribution in [0.15, 0.2) is 0 Å². The van der Waals surface area contributed by atoms with Gasteiger partial charge in [0.15, 0.2) is 0 Å². The lowest BCUT2D eigenvalue weighted by molar-refractivity contribution is 0.0545. The van der Waals surface area contributed by atoms with Gasteiger partial charge >= 0.3 is 0 Å². The Labute approximate surface area is 112 Å². The molecule has 0 spiro atoms. The molecule has 0 saturated carbocycles. The zero-order chi connectivity index (χ0) is 13.6. The zero-order valence-electron chi connectivity index (χ0n) is 12.4. The van der Waals surface area contributed by atoms with E-state index in [2.05, 4.69) is 23.8 Å². The van der Waals surface area contributed by atoms with Crippen LogP contribution in [-0.2, 0) is 0 Å². The fourth-order valence-electron chi connectivity index (χ4n) is 2.80. The van der Waals surface area contributed by atoms with Crippen molar-refractivity contribution < 1.29 is 5.11 Å². The molecule has 0 bridgehead atoms. The Balaban J connectivity index is 2.19. The maximum Gasteiger partial charge on any atom is 0.0741 e. The molecule has 1 rings (SSSR count). The van der Waals surface area contributed by atoms with E-state index < -0.39 is 5.60 Å². The average Bonchev–Trinajstić information content (AvgIpc) is 2.76. The molecule has 4 nitrogen and oxygen atoms in total. The Hall–Kier alpha value is -0.160. The highest BCUT2D eigenvalue weighted by Crippen LogP contribution is 2.17. The van der Waals surface area contributed by atoms with Gasteiger partial charge in [0, 0.05) is 19.1 Å². The molecule has 1 heterocycles. The van der Waals surface area contributed by atoms with Crippen molar-refractivity contribution in [2.75, 3.05) is 39.8 Å². The number of aliphatic hydroxyl groups is 1. The third-order valence-electron chi connectivity index (χ3n) is 4.12. The maximum absolute atomic E-state index is 9.85. The number of likely N-dealkylation sites (N-methyl/N-ethyl adjacent to an activating group) is 2. The molecule has 2 unspecified atom stereocenters. The second-order valence-electron chi connectivity index (χ2n) is 5.99. The van der Waals surface area contributed by atoms with E-state index >= 15 is 0 Å². The van der Waals surface area contributed by atoms with E-state index in [0.717, 1.165) is 32.0 Å². The van der Waals surface area contributed by atoms with Crippen LogP contribution in [-0.4, -0.2) is 66.3 Å². The molecule has 1 saturated heterocycles. The van der Waals surface area contributed by atoms with Crippen molar-refractivity contribution in [3.05, 3.63) is 0 Å². The van der Waals surface area contributed by atoms with E-state index in [1.165, 1.54) is 25.9 Å². The molecular formula is C14H31N3O. The Kier molecular flexibility index (Phi) is 6.57. The summed E-state index contributed by atoms with van der Waals surface area (Å²) in [6.45, 7) is 9.04. The van der Waals surface area contributed by atoms with Crippen LogP contribution in [0.3, 0.4) is 0 Å². The van der Waals surface area contributed by atoms with Gasteiger partial charge in [-0.3, -0.25) is 4.90 Å². The first-order valence-corrected chi connectivity index (χ1v) is 7.33. The number of rotatable bonds is 8. The molecule has 108 valence electrons. The lowest BCUT2D eigenvalue weighted by atomic mass is 10.0. The van der Waals surface area contributed by atoms with Crippen molar-refractivity contribution in [3.8, 4) is 0 Å². The average molecular weight is 257 g/mol. The zero-order valence-corrected chi connectivity index (χ0v) is 12.4. The Morgan fingerprint density at radius 1 is 1.50 bits per heavy atom. The first-order valence-electron chi connectivity index (χ1n) is 7.33. The summed E-state index contributed by atoms with van der Waals surface area (Å²) in [6, 6.07) is 0.731. The lowest BCUT2D eigenvalue weighted by Crippen LogP contribution is -2.40. The highest BCUT2D eigenvalue weighted by molar-refractivity contribution is 4.81. The molecule has 0 aromatic rings. The molecule has 0 aromatic carbocycles. The van der Waals surface area contributed by atoms with Gasteiger partial charge < -0.3 is 15.7 Å². The van der Waals surface area contributed by atoms with Gasteiger partial charge in [-0.05, 0) is 59.3 Å². The molecule has 2 atom stereocenters. The molecule has 0 aliphatic carbocycles. The molecular weight excluding hydrogens is 226 g/mol. The highest BCUT2D eigenvalue weighted by atomic mass is 16.3. The van der Waals surface area contributed by atoms with Gasteiger partial charge in [0.25, 0.3) is 0 Å². The Morgan fingerprint density at radius 3 is 2.83 bits per heavy atom. The van der Waals surface area contributed by atoms with E-state index in [1.807, 2.05) is 6.92 Å². The maximum atomic E-state index is 9.85. The largest absolute Gasteiger partial charge is 0.389 e. The smallest absolute Gasteiger partial charge is 0.0741 e. The Bertz CT molecular complexity index is 233. The number of likely N-dealkylation sites (tertiary alicyclic amines) is 1. The van der Waals surface area contributed by atoms with Crippen molar-refractivity contribution in [1.29, 1.82) is 0 Å². The molecule has 3 N–H and O–H groups in total. The topological polar surface area (TPSA) is 52.7 Å². The van der Waals surface area contributed by atoms with Crippen LogP contribution >= 0.6 is 0 Å². The summed E-state index contributed by atoms with van der Waals surface area (Å²) in [6.07, 6.45) is 4.47. The molecule has 0 radical (unpaired) electrons. The third kappa shape index (κ3) is 5.22. The van der Waals surface area contributed by atoms with E-state index in [9.17, 15) is 5.11 Å². The van der Waals surface area contributed by atoms with Gasteiger partial charge in [0.05, 0.1) is 5.60 Å². The van der Waals surface area contributed by atoms with Crippen molar-refractivity contribution in [1.82, 2.24) is 9.80 Å². The predicted molar refractivity (Wildman–Crippen MR) is 76.7 cm³/mol. The number of nitrogens with zero attached hydrogens (tertiary/aromatic N) is 2. The molecule has 0 aromatic heterocycles. The van der Waals surface area contributed by atoms with Gasteiger partial charge in [0.1, 0.15) is 0 Å². The monoisotopic (exact) mass is 257 g/mol. The SMILES string of the molecule is CCN1CCCC1CN(C)CCCC(C)(O)CN. The normalized spacial score (nSPS) is 24.7. The first kappa shape index (κ1) is 15.9. The standard InChI is InChI=1S/C14H31N3O/c1-4-17-10-5-7-13(17)11-16(3)9-6-8-14(2,18)12-15/h13,18H,4-12,15H2,1-3H3. The fourth-order valence-corrected chi connectivity index (χ4v) is 2.80. The molecule has 1 aliphatic rings. The second kappa shape index (κ2) is 7.43. The predicted octanol–water partition coefficient (Wildman–Crippen LogP) is 0.892. The molecule has 4 heteroatoms. The van der Waals surface area contributed by atoms with Crippen molar-refractivity contribution in [3.63, 3.8) is 0 Å². The quantitative estimate of drug-likeness (QED) is 0.678. The van der Waals surface area contributed by atoms with Crippen LogP contribution in [0.4, 0.5) is 0 Å². The summed E-state index contributed by atoms with van der Waals surface area (Å²) in [5.74, 6) is 0. The van der Waals surface area contributed by atoms with Crippen LogP contribution in [0.2, 0.25) is 0 Å². The van der Waals surface area contributed by atoms with Crippen molar-refractivity contribution in [2.24, 2.45) is 5.73 Å². The summed E-state index contributed by atoms with van der Waals surface area (Å²) in [4.78, 5) is 4.97. The fraction of sp³-hybridized carbons (Fsp3) is 1.00. The second-order valence-corrected chi connectivity index (χ2v) is 5.99. The van der Waals surface area contributed by atoms with Crippen molar-refractivity contribution in [2.45, 2.75) is 51.2 Å². The van der Waals surface area contributed by atoms with E-state index in [0.29, 0.717) is 6.54 Å². The van der Waals surface area contributed by atoms with Crippen molar-refractivity contribution >= 4 is 0 Å². The minimum absolute atomic E-state index is 0.350. The molecule has 18 heavy (non-hydrogen) atoms. The highest BCUT2D eigenvalue weighted by Gasteiger charge is 2.24. The lowest BCUT2D eigenvalue weighted by Gasteiger charge is -2.28. The minimum Gasteiger partial charge on any atom is -0.389 e. The summed E-state index contributed by atoms with van der Waals surface area (Å²) in [7, 11) is 2.18. The Morgan fingerprint density at radius 2 is 2.22 bits per heavy atom. The van der Waals surface area contributed by atoms with Crippen LogP contribution in [0.25, 0.3) is 0 Å². The van der Waals surface area contributed by atoms with Gasteiger partial charge in [-0.1, -0.05) is 6.92 Å². The van der Waals surface area contributed by atoms with Gasteiger partial charge in [-0.15, -0.1) is 0 Å². The molecule has 1 aliphatic heterocycles. The minimum atomic E-state index is -0.691. The van der Waals surface area contributed by atoms with Gasteiger partial charge in [-0.2, -0.15) is 0 Å². The summed E-state index contributed by atoms with van der Waals surface area (Å²) >= 11 is 0. The third-order valence-corrected chi connectivity index (χ3v) is 4.12. The number of nitrogens with two attached hydrogens (primary N) is 1. The first-order chi connectivity index (χ1) is 8.48. The van der Waals surface area contributed by atoms with Crippen LogP contribution in [0, 0.1) is 0 Å². The van der Waals surface area contributed by atoms with E-state index in [4.69, 9.17) is 5.73 Å². The van der Waals surface area contributed by atoms with Gasteiger partial charge in [0.2, 0.25) is 0 Å². The summed E-state index contributed by atoms with van der Waals surface area (Å²) in [5, 5.41) is 9.85. The summed E-state index contributed by atoms with van der Waals surface area (Å²) in [5.41, 5.74) is 4.83. The van der Waals surface area contributed by atoms with Gasteiger partial charge in [-0.25, -0.2) is 0 Å². The number of hydrogen-bond acceptors (Lipinski definition) is 4. The van der Waals surface area contributed by atoms with E-state index in [-0.39, 0.29) is 0 Å². The molecule has 1 fully saturated rings. The summed E-state index contributed by atoms with van der Waals surface area (Å²) < 4.78 is 0. The van der Waals surface area contributed by atoms with E-state index in [1.54, 1.807) is 0 Å².